The number of nitrogens with one attached hydrogen (secondary N) is 1. The first-order valence-electron chi connectivity index (χ1n) is 6.95. The third-order valence-electron chi connectivity index (χ3n) is 3.67. The number of nitrogens with zero attached hydrogens (tertiary/aromatic N) is 1. The summed E-state index contributed by atoms with van der Waals surface area (Å²) >= 11 is 1.86. The van der Waals surface area contributed by atoms with Gasteiger partial charge < -0.3 is 5.32 Å². The fourth-order valence-electron chi connectivity index (χ4n) is 2.22. The Hall–Kier alpha value is -1.19. The van der Waals surface area contributed by atoms with Crippen LogP contribution in [-0.2, 0) is 13.0 Å². The minimum Gasteiger partial charge on any atom is -0.309 e. The summed E-state index contributed by atoms with van der Waals surface area (Å²) in [4.78, 5) is 6.12. The van der Waals surface area contributed by atoms with Crippen LogP contribution in [0.3, 0.4) is 0 Å². The molecule has 0 unspecified atom stereocenters. The van der Waals surface area contributed by atoms with E-state index in [9.17, 15) is 0 Å². The minimum absolute atomic E-state index is 0.765. The average Bonchev–Trinajstić information content (AvgIpc) is 3.15. The molecule has 1 saturated carbocycles. The minimum atomic E-state index is 0.765. The molecule has 0 aliphatic heterocycles. The first-order chi connectivity index (χ1) is 9.22. The highest BCUT2D eigenvalue weighted by atomic mass is 32.1. The summed E-state index contributed by atoms with van der Waals surface area (Å²) in [6.07, 6.45) is 3.64. The Morgan fingerprint density at radius 3 is 2.79 bits per heavy atom. The van der Waals surface area contributed by atoms with Crippen LogP contribution in [0.5, 0.6) is 0 Å². The molecule has 0 atom stereocenters. The number of benzene rings is 1. The Morgan fingerprint density at radius 1 is 1.26 bits per heavy atom. The van der Waals surface area contributed by atoms with Crippen molar-refractivity contribution in [1.29, 1.82) is 0 Å². The molecule has 0 amide bonds. The Morgan fingerprint density at radius 2 is 2.05 bits per heavy atom. The van der Waals surface area contributed by atoms with Crippen molar-refractivity contribution >= 4 is 11.3 Å². The fraction of sp³-hybridized carbons (Fsp3) is 0.438. The lowest BCUT2D eigenvalue weighted by molar-refractivity contribution is 0.691. The van der Waals surface area contributed by atoms with Crippen molar-refractivity contribution in [2.45, 2.75) is 45.7 Å². The molecule has 1 fully saturated rings. The van der Waals surface area contributed by atoms with Gasteiger partial charge >= 0.3 is 0 Å². The Labute approximate surface area is 118 Å². The zero-order valence-corrected chi connectivity index (χ0v) is 12.4. The second-order valence-electron chi connectivity index (χ2n) is 5.37. The van der Waals surface area contributed by atoms with Crippen molar-refractivity contribution in [3.8, 4) is 0 Å². The SMILES string of the molecule is Cc1ccccc1Cc1nc(C)c(CNC2CC2)s1. The largest absolute Gasteiger partial charge is 0.309 e. The van der Waals surface area contributed by atoms with Gasteiger partial charge in [-0.25, -0.2) is 4.98 Å². The number of aryl methyl sites for hydroxylation is 2. The summed E-state index contributed by atoms with van der Waals surface area (Å²) in [5, 5.41) is 4.81. The highest BCUT2D eigenvalue weighted by molar-refractivity contribution is 7.11. The fourth-order valence-corrected chi connectivity index (χ4v) is 3.27. The highest BCUT2D eigenvalue weighted by Crippen LogP contribution is 2.24. The van der Waals surface area contributed by atoms with E-state index in [4.69, 9.17) is 4.98 Å². The van der Waals surface area contributed by atoms with Gasteiger partial charge in [0.2, 0.25) is 0 Å². The summed E-state index contributed by atoms with van der Waals surface area (Å²) in [5.41, 5.74) is 3.94. The lowest BCUT2D eigenvalue weighted by Crippen LogP contribution is -2.14. The smallest absolute Gasteiger partial charge is 0.0975 e. The monoisotopic (exact) mass is 272 g/mol. The first kappa shape index (κ1) is 12.8. The molecule has 1 aliphatic carbocycles. The molecule has 19 heavy (non-hydrogen) atoms. The zero-order valence-electron chi connectivity index (χ0n) is 11.6. The Kier molecular flexibility index (Phi) is 3.67. The van der Waals surface area contributed by atoms with Gasteiger partial charge in [-0.2, -0.15) is 0 Å². The standard InChI is InChI=1S/C16H20N2S/c1-11-5-3-4-6-13(11)9-16-18-12(2)15(19-16)10-17-14-7-8-14/h3-6,14,17H,7-10H2,1-2H3. The lowest BCUT2D eigenvalue weighted by Gasteiger charge is -2.02. The molecule has 3 rings (SSSR count). The number of aromatic nitrogens is 1. The second-order valence-corrected chi connectivity index (χ2v) is 6.54. The molecule has 0 saturated heterocycles. The van der Waals surface area contributed by atoms with Crippen LogP contribution in [0.25, 0.3) is 0 Å². The van der Waals surface area contributed by atoms with E-state index in [1.165, 1.54) is 39.5 Å². The molecule has 0 radical (unpaired) electrons. The normalized spacial score (nSPS) is 14.8. The molecule has 1 aliphatic rings. The summed E-state index contributed by atoms with van der Waals surface area (Å²) in [6.45, 7) is 5.29. The lowest BCUT2D eigenvalue weighted by atomic mass is 10.1. The van der Waals surface area contributed by atoms with E-state index in [1.807, 2.05) is 11.3 Å². The summed E-state index contributed by atoms with van der Waals surface area (Å²) in [5.74, 6) is 0. The maximum absolute atomic E-state index is 4.72. The van der Waals surface area contributed by atoms with Crippen molar-refractivity contribution in [2.24, 2.45) is 0 Å². The van der Waals surface area contributed by atoms with E-state index in [1.54, 1.807) is 0 Å². The molecule has 3 heteroatoms. The topological polar surface area (TPSA) is 24.9 Å². The van der Waals surface area contributed by atoms with E-state index in [0.29, 0.717) is 0 Å². The van der Waals surface area contributed by atoms with Crippen LogP contribution < -0.4 is 5.32 Å². The molecular formula is C16H20N2S. The van der Waals surface area contributed by atoms with Crippen molar-refractivity contribution in [3.05, 3.63) is 51.0 Å². The van der Waals surface area contributed by atoms with E-state index in [0.717, 1.165) is 19.0 Å². The van der Waals surface area contributed by atoms with Gasteiger partial charge in [0.25, 0.3) is 0 Å². The molecule has 1 aromatic heterocycles. The molecule has 1 aromatic carbocycles. The summed E-state index contributed by atoms with van der Waals surface area (Å²) in [7, 11) is 0. The Balaban J connectivity index is 1.70. The first-order valence-corrected chi connectivity index (χ1v) is 7.77. The quantitative estimate of drug-likeness (QED) is 0.899. The van der Waals surface area contributed by atoms with E-state index in [2.05, 4.69) is 43.4 Å². The molecule has 0 bridgehead atoms. The number of rotatable bonds is 5. The van der Waals surface area contributed by atoms with Crippen LogP contribution in [0.2, 0.25) is 0 Å². The summed E-state index contributed by atoms with van der Waals surface area (Å²) < 4.78 is 0. The number of hydrogen-bond donors (Lipinski definition) is 1. The van der Waals surface area contributed by atoms with Gasteiger partial charge in [0.05, 0.1) is 10.7 Å². The van der Waals surface area contributed by atoms with E-state index >= 15 is 0 Å². The Bertz CT molecular complexity index is 570. The van der Waals surface area contributed by atoms with Crippen LogP contribution in [0.1, 0.15) is 39.5 Å². The predicted molar refractivity (Wildman–Crippen MR) is 80.7 cm³/mol. The van der Waals surface area contributed by atoms with Gasteiger partial charge in [-0.15, -0.1) is 11.3 Å². The maximum Gasteiger partial charge on any atom is 0.0975 e. The van der Waals surface area contributed by atoms with Crippen LogP contribution in [0.15, 0.2) is 24.3 Å². The van der Waals surface area contributed by atoms with Gasteiger partial charge in [0.15, 0.2) is 0 Å². The van der Waals surface area contributed by atoms with Crippen LogP contribution >= 0.6 is 11.3 Å². The van der Waals surface area contributed by atoms with Gasteiger partial charge in [-0.1, -0.05) is 24.3 Å². The van der Waals surface area contributed by atoms with Gasteiger partial charge in [0.1, 0.15) is 0 Å². The molecule has 100 valence electrons. The molecule has 1 heterocycles. The summed E-state index contributed by atoms with van der Waals surface area (Å²) in [6, 6.07) is 9.34. The predicted octanol–water partition coefficient (Wildman–Crippen LogP) is 3.60. The van der Waals surface area contributed by atoms with E-state index < -0.39 is 0 Å². The van der Waals surface area contributed by atoms with Gasteiger partial charge in [-0.05, 0) is 37.8 Å². The van der Waals surface area contributed by atoms with E-state index in [-0.39, 0.29) is 0 Å². The highest BCUT2D eigenvalue weighted by Gasteiger charge is 2.21. The van der Waals surface area contributed by atoms with Crippen molar-refractivity contribution < 1.29 is 0 Å². The molecule has 2 aromatic rings. The third kappa shape index (κ3) is 3.23. The van der Waals surface area contributed by atoms with Crippen molar-refractivity contribution in [1.82, 2.24) is 10.3 Å². The zero-order chi connectivity index (χ0) is 13.2. The molecule has 0 spiro atoms. The maximum atomic E-state index is 4.72. The van der Waals surface area contributed by atoms with Crippen LogP contribution in [-0.4, -0.2) is 11.0 Å². The van der Waals surface area contributed by atoms with Crippen molar-refractivity contribution in [3.63, 3.8) is 0 Å². The van der Waals surface area contributed by atoms with Crippen molar-refractivity contribution in [2.75, 3.05) is 0 Å². The third-order valence-corrected chi connectivity index (χ3v) is 4.83. The molecule has 2 nitrogen and oxygen atoms in total. The molecule has 1 N–H and O–H groups in total. The van der Waals surface area contributed by atoms with Crippen LogP contribution in [0.4, 0.5) is 0 Å². The average molecular weight is 272 g/mol. The van der Waals surface area contributed by atoms with Gasteiger partial charge in [0, 0.05) is 23.9 Å². The van der Waals surface area contributed by atoms with Gasteiger partial charge in [-0.3, -0.25) is 0 Å². The number of hydrogen-bond acceptors (Lipinski definition) is 3. The van der Waals surface area contributed by atoms with Crippen LogP contribution in [0, 0.1) is 13.8 Å². The molecular weight excluding hydrogens is 252 g/mol. The number of thiazole rings is 1. The second kappa shape index (κ2) is 5.43.